The first-order valence-electron chi connectivity index (χ1n) is 18.6. The molecule has 0 bridgehead atoms. The first kappa shape index (κ1) is 33.4. The molecule has 266 valence electrons. The van der Waals surface area contributed by atoms with E-state index >= 15 is 0 Å². The van der Waals surface area contributed by atoms with Crippen molar-refractivity contribution < 1.29 is 28.7 Å². The average molecular weight is 691 g/mol. The Labute approximate surface area is 298 Å². The highest BCUT2D eigenvalue weighted by Crippen LogP contribution is 2.45. The van der Waals surface area contributed by atoms with Gasteiger partial charge in [-0.05, 0) is 66.3 Å². The van der Waals surface area contributed by atoms with E-state index in [9.17, 15) is 14.4 Å². The number of carbonyl (C=O) groups excluding carboxylic acids is 3. The molecular formula is C41H46N4O6. The van der Waals surface area contributed by atoms with Crippen molar-refractivity contribution >= 4 is 23.6 Å². The molecular weight excluding hydrogens is 644 g/mol. The van der Waals surface area contributed by atoms with Gasteiger partial charge in [0.2, 0.25) is 5.91 Å². The molecule has 5 aliphatic rings. The number of carbonyl (C=O) groups is 3. The van der Waals surface area contributed by atoms with Crippen LogP contribution in [-0.2, 0) is 23.9 Å². The minimum atomic E-state index is -0.888. The molecule has 3 aliphatic carbocycles. The van der Waals surface area contributed by atoms with Crippen LogP contribution in [0.2, 0.25) is 0 Å². The summed E-state index contributed by atoms with van der Waals surface area (Å²) in [5.41, 5.74) is 5.34. The van der Waals surface area contributed by atoms with Crippen molar-refractivity contribution in [1.82, 2.24) is 15.5 Å². The van der Waals surface area contributed by atoms with E-state index in [1.54, 1.807) is 0 Å². The van der Waals surface area contributed by atoms with Crippen molar-refractivity contribution in [1.29, 1.82) is 0 Å². The molecule has 3 aromatic carbocycles. The van der Waals surface area contributed by atoms with Gasteiger partial charge in [0.15, 0.2) is 11.7 Å². The molecule has 8 rings (SSSR count). The summed E-state index contributed by atoms with van der Waals surface area (Å²) < 4.78 is 12.5. The molecule has 4 atom stereocenters. The highest BCUT2D eigenvalue weighted by Gasteiger charge is 2.55. The number of fused-ring (bicyclic) bond motifs is 3. The van der Waals surface area contributed by atoms with E-state index in [1.807, 2.05) is 61.5 Å². The SMILES string of the molecule is CCC[C@H](NC(=O)C1C[C@]2(CC(c3ccccc3)=NO2)CN1C(=O)OCC1c2ccccc2-c2ccccc21)C(OC1CCC1)C(=O)NC1CC1. The van der Waals surface area contributed by atoms with Crippen molar-refractivity contribution in [3.8, 4) is 11.1 Å². The predicted octanol–water partition coefficient (Wildman–Crippen LogP) is 6.07. The number of hydrogen-bond acceptors (Lipinski definition) is 7. The molecule has 1 saturated heterocycles. The summed E-state index contributed by atoms with van der Waals surface area (Å²) in [7, 11) is 0. The minimum absolute atomic E-state index is 0.00345. The number of hydrogen-bond donors (Lipinski definition) is 2. The number of oxime groups is 1. The highest BCUT2D eigenvalue weighted by atomic mass is 16.7. The standard InChI is InChI=1S/C41H46N4O6/c1-2-11-34(37(50-28-14-10-15-28)39(47)42-27-20-21-27)43-38(46)36-23-41(22-35(44-51-41)26-12-4-3-5-13-26)25-45(36)40(48)49-24-33-31-18-8-6-16-29(31)30-17-7-9-19-32(30)33/h3-9,12-13,16-19,27-28,33-34,36-37H,2,10-11,14-15,20-25H2,1H3,(H,42,47)(H,43,46)/t34-,36?,37?,41+/m0/s1. The summed E-state index contributed by atoms with van der Waals surface area (Å²) in [6, 6.07) is 25.0. The Bertz CT molecular complexity index is 1760. The van der Waals surface area contributed by atoms with Crippen LogP contribution >= 0.6 is 0 Å². The smallest absolute Gasteiger partial charge is 0.410 e. The zero-order valence-electron chi connectivity index (χ0n) is 29.1. The number of amides is 3. The van der Waals surface area contributed by atoms with Crippen molar-refractivity contribution in [2.75, 3.05) is 13.2 Å². The Morgan fingerprint density at radius 1 is 0.941 bits per heavy atom. The van der Waals surface area contributed by atoms with E-state index in [0.29, 0.717) is 12.8 Å². The fraction of sp³-hybridized carbons (Fsp3) is 0.463. The second-order valence-corrected chi connectivity index (χ2v) is 14.8. The minimum Gasteiger partial charge on any atom is -0.448 e. The monoisotopic (exact) mass is 690 g/mol. The van der Waals surface area contributed by atoms with Crippen LogP contribution in [0.3, 0.4) is 0 Å². The Balaban J connectivity index is 1.03. The van der Waals surface area contributed by atoms with Crippen LogP contribution in [0.15, 0.2) is 84.0 Å². The van der Waals surface area contributed by atoms with E-state index in [1.165, 1.54) is 4.90 Å². The summed E-state index contributed by atoms with van der Waals surface area (Å²) in [5.74, 6) is -0.652. The lowest BCUT2D eigenvalue weighted by molar-refractivity contribution is -0.145. The van der Waals surface area contributed by atoms with Gasteiger partial charge in [-0.15, -0.1) is 0 Å². The third-order valence-corrected chi connectivity index (χ3v) is 11.1. The van der Waals surface area contributed by atoms with Gasteiger partial charge in [-0.25, -0.2) is 4.79 Å². The second kappa shape index (κ2) is 14.1. The summed E-state index contributed by atoms with van der Waals surface area (Å²) in [4.78, 5) is 49.7. The van der Waals surface area contributed by atoms with Crippen molar-refractivity contribution in [3.63, 3.8) is 0 Å². The van der Waals surface area contributed by atoms with Gasteiger partial charge in [-0.2, -0.15) is 0 Å². The molecule has 10 nitrogen and oxygen atoms in total. The van der Waals surface area contributed by atoms with Crippen LogP contribution in [0, 0.1) is 0 Å². The molecule has 2 saturated carbocycles. The van der Waals surface area contributed by atoms with Crippen LogP contribution < -0.4 is 10.6 Å². The Kier molecular flexibility index (Phi) is 9.27. The number of ether oxygens (including phenoxy) is 2. The number of rotatable bonds is 12. The van der Waals surface area contributed by atoms with E-state index in [2.05, 4.69) is 40.1 Å². The van der Waals surface area contributed by atoms with Crippen molar-refractivity contribution in [2.45, 2.75) is 107 Å². The van der Waals surface area contributed by atoms with Crippen LogP contribution in [0.25, 0.3) is 11.1 Å². The quantitative estimate of drug-likeness (QED) is 0.238. The molecule has 2 heterocycles. The van der Waals surface area contributed by atoms with Gasteiger partial charge >= 0.3 is 6.09 Å². The molecule has 3 aromatic rings. The van der Waals surface area contributed by atoms with Crippen molar-refractivity contribution in [2.24, 2.45) is 5.16 Å². The van der Waals surface area contributed by atoms with Crippen LogP contribution in [0.5, 0.6) is 0 Å². The lowest BCUT2D eigenvalue weighted by Crippen LogP contribution is -2.57. The van der Waals surface area contributed by atoms with E-state index in [4.69, 9.17) is 14.3 Å². The summed E-state index contributed by atoms with van der Waals surface area (Å²) in [6.45, 7) is 2.30. The summed E-state index contributed by atoms with van der Waals surface area (Å²) >= 11 is 0. The Hall–Kier alpha value is -4.70. The second-order valence-electron chi connectivity index (χ2n) is 14.8. The molecule has 3 fully saturated rings. The normalized spacial score (nSPS) is 23.4. The molecule has 2 N–H and O–H groups in total. The molecule has 10 heteroatoms. The first-order valence-corrected chi connectivity index (χ1v) is 18.6. The Morgan fingerprint density at radius 3 is 2.27 bits per heavy atom. The van der Waals surface area contributed by atoms with Gasteiger partial charge in [0.1, 0.15) is 12.6 Å². The zero-order valence-corrected chi connectivity index (χ0v) is 29.1. The zero-order chi connectivity index (χ0) is 35.0. The van der Waals surface area contributed by atoms with Gasteiger partial charge in [0, 0.05) is 24.8 Å². The third-order valence-electron chi connectivity index (χ3n) is 11.1. The molecule has 3 amide bonds. The van der Waals surface area contributed by atoms with Gasteiger partial charge in [-0.3, -0.25) is 14.5 Å². The van der Waals surface area contributed by atoms with E-state index in [-0.39, 0.29) is 49.5 Å². The summed E-state index contributed by atoms with van der Waals surface area (Å²) in [5, 5.41) is 10.7. The number of nitrogens with zero attached hydrogens (tertiary/aromatic N) is 2. The van der Waals surface area contributed by atoms with Gasteiger partial charge < -0.3 is 24.9 Å². The molecule has 51 heavy (non-hydrogen) atoms. The van der Waals surface area contributed by atoms with E-state index < -0.39 is 29.9 Å². The predicted molar refractivity (Wildman–Crippen MR) is 192 cm³/mol. The fourth-order valence-corrected chi connectivity index (χ4v) is 8.01. The highest BCUT2D eigenvalue weighted by molar-refractivity contribution is 6.02. The van der Waals surface area contributed by atoms with E-state index in [0.717, 1.165) is 72.1 Å². The number of likely N-dealkylation sites (tertiary alicyclic amines) is 1. The molecule has 2 unspecified atom stereocenters. The van der Waals surface area contributed by atoms with Gasteiger partial charge in [-0.1, -0.05) is 97.4 Å². The fourth-order valence-electron chi connectivity index (χ4n) is 8.01. The molecule has 2 aliphatic heterocycles. The van der Waals surface area contributed by atoms with Crippen molar-refractivity contribution in [3.05, 3.63) is 95.6 Å². The summed E-state index contributed by atoms with van der Waals surface area (Å²) in [6.07, 6.45) is 5.40. The van der Waals surface area contributed by atoms with Crippen LogP contribution in [0.4, 0.5) is 4.79 Å². The van der Waals surface area contributed by atoms with Crippen LogP contribution in [-0.4, -0.2) is 77.6 Å². The van der Waals surface area contributed by atoms with Crippen LogP contribution in [0.1, 0.15) is 87.3 Å². The van der Waals surface area contributed by atoms with Gasteiger partial charge in [0.05, 0.1) is 24.4 Å². The molecule has 1 spiro atoms. The maximum atomic E-state index is 14.4. The Morgan fingerprint density at radius 2 is 1.63 bits per heavy atom. The number of nitrogens with one attached hydrogen (secondary N) is 2. The van der Waals surface area contributed by atoms with Gasteiger partial charge in [0.25, 0.3) is 5.91 Å². The molecule has 0 aromatic heterocycles. The largest absolute Gasteiger partial charge is 0.448 e. The lowest BCUT2D eigenvalue weighted by atomic mass is 9.91. The topological polar surface area (TPSA) is 119 Å². The molecule has 0 radical (unpaired) electrons. The average Bonchev–Trinajstić information content (AvgIpc) is 3.58. The lowest BCUT2D eigenvalue weighted by Gasteiger charge is -2.35. The number of benzene rings is 3. The maximum Gasteiger partial charge on any atom is 0.410 e. The maximum absolute atomic E-state index is 14.4. The third kappa shape index (κ3) is 6.86. The first-order chi connectivity index (χ1) is 24.9.